The number of carboxylic acids is 1. The van der Waals surface area contributed by atoms with Crippen molar-refractivity contribution in [1.29, 1.82) is 0 Å². The highest BCUT2D eigenvalue weighted by atomic mass is 16.4. The van der Waals surface area contributed by atoms with E-state index in [4.69, 9.17) is 5.11 Å². The van der Waals surface area contributed by atoms with Gasteiger partial charge in [0.15, 0.2) is 0 Å². The van der Waals surface area contributed by atoms with Gasteiger partial charge in [-0.15, -0.1) is 0 Å². The van der Waals surface area contributed by atoms with Gasteiger partial charge < -0.3 is 15.7 Å². The van der Waals surface area contributed by atoms with Gasteiger partial charge in [0.05, 0.1) is 12.1 Å². The van der Waals surface area contributed by atoms with Crippen molar-refractivity contribution >= 4 is 12.0 Å². The van der Waals surface area contributed by atoms with E-state index in [0.717, 1.165) is 24.1 Å². The number of nitrogens with one attached hydrogen (secondary N) is 2. The Labute approximate surface area is 117 Å². The minimum absolute atomic E-state index is 0.275. The molecule has 1 aromatic heterocycles. The van der Waals surface area contributed by atoms with Crippen LogP contribution in [0.15, 0.2) is 6.20 Å². The molecule has 110 valence electrons. The molecule has 0 aliphatic heterocycles. The van der Waals surface area contributed by atoms with E-state index in [1.807, 2.05) is 14.0 Å². The smallest absolute Gasteiger partial charge is 0.315 e. The second-order valence-electron chi connectivity index (χ2n) is 5.19. The monoisotopic (exact) mass is 280 g/mol. The summed E-state index contributed by atoms with van der Waals surface area (Å²) in [5.41, 5.74) is 1.94. The lowest BCUT2D eigenvalue weighted by molar-refractivity contribution is -0.142. The Morgan fingerprint density at radius 1 is 1.50 bits per heavy atom. The number of nitrogens with zero attached hydrogens (tertiary/aromatic N) is 2. The van der Waals surface area contributed by atoms with Gasteiger partial charge in [-0.1, -0.05) is 6.42 Å². The van der Waals surface area contributed by atoms with Crippen LogP contribution in [0.1, 0.15) is 30.5 Å². The maximum Gasteiger partial charge on any atom is 0.315 e. The van der Waals surface area contributed by atoms with Gasteiger partial charge in [-0.25, -0.2) is 4.79 Å². The van der Waals surface area contributed by atoms with Crippen LogP contribution in [0, 0.1) is 12.8 Å². The summed E-state index contributed by atoms with van der Waals surface area (Å²) in [6, 6.07) is -0.603. The van der Waals surface area contributed by atoms with Crippen molar-refractivity contribution in [3.05, 3.63) is 17.5 Å². The van der Waals surface area contributed by atoms with E-state index in [-0.39, 0.29) is 12.1 Å². The minimum Gasteiger partial charge on any atom is -0.481 e. The SMILES string of the molecule is Cc1c(CNC(=O)NC2CCCC2C(=O)O)cnn1C. The van der Waals surface area contributed by atoms with E-state index in [2.05, 4.69) is 15.7 Å². The van der Waals surface area contributed by atoms with Gasteiger partial charge in [0, 0.05) is 30.9 Å². The zero-order chi connectivity index (χ0) is 14.7. The molecule has 2 amide bonds. The second kappa shape index (κ2) is 5.94. The lowest BCUT2D eigenvalue weighted by Crippen LogP contribution is -2.45. The average molecular weight is 280 g/mol. The molecule has 0 aromatic carbocycles. The van der Waals surface area contributed by atoms with E-state index in [9.17, 15) is 9.59 Å². The van der Waals surface area contributed by atoms with Gasteiger partial charge in [-0.05, 0) is 19.8 Å². The van der Waals surface area contributed by atoms with Crippen molar-refractivity contribution in [2.24, 2.45) is 13.0 Å². The number of hydrogen-bond acceptors (Lipinski definition) is 3. The van der Waals surface area contributed by atoms with Gasteiger partial charge in [0.1, 0.15) is 0 Å². The fourth-order valence-electron chi connectivity index (χ4n) is 2.54. The topological polar surface area (TPSA) is 96.2 Å². The van der Waals surface area contributed by atoms with Gasteiger partial charge in [-0.2, -0.15) is 5.10 Å². The van der Waals surface area contributed by atoms with E-state index < -0.39 is 11.9 Å². The number of urea groups is 1. The summed E-state index contributed by atoms with van der Waals surface area (Å²) in [6.07, 6.45) is 3.90. The third kappa shape index (κ3) is 3.09. The number of aryl methyl sites for hydroxylation is 1. The number of carboxylic acid groups (broad SMARTS) is 1. The Bertz CT molecular complexity index is 512. The normalized spacial score (nSPS) is 21.7. The summed E-state index contributed by atoms with van der Waals surface area (Å²) in [5.74, 6) is -1.31. The van der Waals surface area contributed by atoms with Crippen molar-refractivity contribution in [2.75, 3.05) is 0 Å². The molecule has 1 aliphatic rings. The first-order valence-corrected chi connectivity index (χ1v) is 6.73. The van der Waals surface area contributed by atoms with Crippen LogP contribution in [-0.2, 0) is 18.4 Å². The lowest BCUT2D eigenvalue weighted by Gasteiger charge is -2.17. The van der Waals surface area contributed by atoms with Crippen LogP contribution in [0.4, 0.5) is 4.79 Å². The molecule has 0 bridgehead atoms. The zero-order valence-electron chi connectivity index (χ0n) is 11.7. The van der Waals surface area contributed by atoms with Gasteiger partial charge in [0.25, 0.3) is 0 Å². The van der Waals surface area contributed by atoms with E-state index in [0.29, 0.717) is 13.0 Å². The fourth-order valence-corrected chi connectivity index (χ4v) is 2.54. The van der Waals surface area contributed by atoms with Gasteiger partial charge in [0.2, 0.25) is 0 Å². The van der Waals surface area contributed by atoms with E-state index in [1.54, 1.807) is 10.9 Å². The average Bonchev–Trinajstić information content (AvgIpc) is 2.97. The van der Waals surface area contributed by atoms with Crippen LogP contribution in [0.25, 0.3) is 0 Å². The number of rotatable bonds is 4. The van der Waals surface area contributed by atoms with Crippen LogP contribution < -0.4 is 10.6 Å². The standard InChI is InChI=1S/C13H20N4O3/c1-8-9(7-15-17(8)2)6-14-13(20)16-11-5-3-4-10(11)12(18)19/h7,10-11H,3-6H2,1-2H3,(H,18,19)(H2,14,16,20). The van der Waals surface area contributed by atoms with Crippen molar-refractivity contribution in [3.8, 4) is 0 Å². The van der Waals surface area contributed by atoms with Gasteiger partial charge in [-0.3, -0.25) is 9.48 Å². The third-order valence-corrected chi connectivity index (χ3v) is 3.93. The van der Waals surface area contributed by atoms with Crippen molar-refractivity contribution in [1.82, 2.24) is 20.4 Å². The summed E-state index contributed by atoms with van der Waals surface area (Å²) in [4.78, 5) is 22.9. The molecule has 1 aromatic rings. The predicted molar refractivity (Wildman–Crippen MR) is 72.1 cm³/mol. The van der Waals surface area contributed by atoms with Crippen molar-refractivity contribution < 1.29 is 14.7 Å². The summed E-state index contributed by atoms with van der Waals surface area (Å²) in [7, 11) is 1.84. The third-order valence-electron chi connectivity index (χ3n) is 3.93. The molecule has 0 radical (unpaired) electrons. The molecule has 2 rings (SSSR count). The van der Waals surface area contributed by atoms with Crippen molar-refractivity contribution in [2.45, 2.75) is 38.8 Å². The highest BCUT2D eigenvalue weighted by molar-refractivity contribution is 5.77. The first-order valence-electron chi connectivity index (χ1n) is 6.73. The maximum atomic E-state index is 11.8. The molecular weight excluding hydrogens is 260 g/mol. The number of amides is 2. The second-order valence-corrected chi connectivity index (χ2v) is 5.19. The van der Waals surface area contributed by atoms with Crippen molar-refractivity contribution in [3.63, 3.8) is 0 Å². The minimum atomic E-state index is -0.837. The molecule has 1 fully saturated rings. The maximum absolute atomic E-state index is 11.8. The molecule has 0 saturated heterocycles. The largest absolute Gasteiger partial charge is 0.481 e. The Kier molecular flexibility index (Phi) is 4.26. The molecule has 2 unspecified atom stereocenters. The summed E-state index contributed by atoms with van der Waals surface area (Å²) < 4.78 is 1.74. The summed E-state index contributed by atoms with van der Waals surface area (Å²) in [5, 5.41) is 18.7. The molecule has 7 nitrogen and oxygen atoms in total. The quantitative estimate of drug-likeness (QED) is 0.759. The van der Waals surface area contributed by atoms with Crippen LogP contribution in [0.3, 0.4) is 0 Å². The molecule has 20 heavy (non-hydrogen) atoms. The molecule has 0 spiro atoms. The first-order chi connectivity index (χ1) is 9.49. The van der Waals surface area contributed by atoms with Crippen LogP contribution in [0.2, 0.25) is 0 Å². The van der Waals surface area contributed by atoms with Crippen LogP contribution in [0.5, 0.6) is 0 Å². The molecule has 1 saturated carbocycles. The highest BCUT2D eigenvalue weighted by Crippen LogP contribution is 2.25. The number of carbonyl (C=O) groups is 2. The Morgan fingerprint density at radius 3 is 2.85 bits per heavy atom. The highest BCUT2D eigenvalue weighted by Gasteiger charge is 2.33. The fraction of sp³-hybridized carbons (Fsp3) is 0.615. The number of carbonyl (C=O) groups excluding carboxylic acids is 1. The number of hydrogen-bond donors (Lipinski definition) is 3. The molecule has 3 N–H and O–H groups in total. The lowest BCUT2D eigenvalue weighted by atomic mass is 10.0. The number of aromatic nitrogens is 2. The predicted octanol–water partition coefficient (Wildman–Crippen LogP) is 0.781. The van der Waals surface area contributed by atoms with Crippen LogP contribution >= 0.6 is 0 Å². The Balaban J connectivity index is 1.84. The van der Waals surface area contributed by atoms with Crippen LogP contribution in [-0.4, -0.2) is 32.9 Å². The molecule has 7 heteroatoms. The molecule has 2 atom stereocenters. The molecule has 1 heterocycles. The van der Waals surface area contributed by atoms with E-state index in [1.165, 1.54) is 0 Å². The first kappa shape index (κ1) is 14.4. The Morgan fingerprint density at radius 2 is 2.25 bits per heavy atom. The Hall–Kier alpha value is -2.05. The molecule has 1 aliphatic carbocycles. The zero-order valence-corrected chi connectivity index (χ0v) is 11.7. The van der Waals surface area contributed by atoms with Gasteiger partial charge >= 0.3 is 12.0 Å². The molecular formula is C13H20N4O3. The number of aliphatic carboxylic acids is 1. The summed E-state index contributed by atoms with van der Waals surface area (Å²) in [6.45, 7) is 2.31. The summed E-state index contributed by atoms with van der Waals surface area (Å²) >= 11 is 0. The van der Waals surface area contributed by atoms with E-state index >= 15 is 0 Å².